The third-order valence-corrected chi connectivity index (χ3v) is 6.70. The number of hydrogen-bond acceptors (Lipinski definition) is 2. The fourth-order valence-electron chi connectivity index (χ4n) is 4.78. The van der Waals surface area contributed by atoms with E-state index in [0.717, 1.165) is 38.6 Å². The van der Waals surface area contributed by atoms with Gasteiger partial charge in [-0.15, -0.1) is 0 Å². The van der Waals surface area contributed by atoms with E-state index < -0.39 is 0 Å². The van der Waals surface area contributed by atoms with Crippen LogP contribution < -0.4 is 5.32 Å². The molecule has 1 heterocycles. The van der Waals surface area contributed by atoms with Crippen LogP contribution in [0.5, 0.6) is 0 Å². The van der Waals surface area contributed by atoms with Crippen molar-refractivity contribution in [3.63, 3.8) is 0 Å². The van der Waals surface area contributed by atoms with Gasteiger partial charge in [0, 0.05) is 37.1 Å². The van der Waals surface area contributed by atoms with Crippen LogP contribution >= 0.6 is 0 Å². The molecule has 0 aromatic rings. The van der Waals surface area contributed by atoms with E-state index in [2.05, 4.69) is 17.1 Å². The summed E-state index contributed by atoms with van der Waals surface area (Å²) in [4.78, 5) is 29.7. The first kappa shape index (κ1) is 17.2. The summed E-state index contributed by atoms with van der Waals surface area (Å²) in [7, 11) is 0. The monoisotopic (exact) mass is 347 g/mol. The highest BCUT2D eigenvalue weighted by atomic mass is 16.2. The zero-order valence-electron chi connectivity index (χ0n) is 15.6. The molecule has 0 radical (unpaired) electrons. The van der Waals surface area contributed by atoms with Crippen molar-refractivity contribution in [2.75, 3.05) is 13.1 Å². The molecule has 1 aliphatic heterocycles. The number of nitrogens with zero attached hydrogens (tertiary/aromatic N) is 2. The number of nitrogens with one attached hydrogen (secondary N) is 1. The Hall–Kier alpha value is -1.26. The topological polar surface area (TPSA) is 52.7 Å². The van der Waals surface area contributed by atoms with E-state index in [9.17, 15) is 9.59 Å². The summed E-state index contributed by atoms with van der Waals surface area (Å²) in [5, 5.41) is 3.24. The van der Waals surface area contributed by atoms with E-state index in [-0.39, 0.29) is 18.0 Å². The van der Waals surface area contributed by atoms with Crippen LogP contribution in [0.15, 0.2) is 0 Å². The van der Waals surface area contributed by atoms with Crippen molar-refractivity contribution < 1.29 is 9.59 Å². The molecule has 0 spiro atoms. The van der Waals surface area contributed by atoms with Crippen LogP contribution in [0.25, 0.3) is 0 Å². The van der Waals surface area contributed by atoms with Crippen LogP contribution in [0.3, 0.4) is 0 Å². The summed E-state index contributed by atoms with van der Waals surface area (Å²) in [6.45, 7) is 3.72. The highest BCUT2D eigenvalue weighted by Gasteiger charge is 2.42. The first-order valence-electron chi connectivity index (χ1n) is 10.5. The summed E-state index contributed by atoms with van der Waals surface area (Å²) >= 11 is 0. The molecule has 1 saturated heterocycles. The summed E-state index contributed by atoms with van der Waals surface area (Å²) in [5.41, 5.74) is 0. The smallest absolute Gasteiger partial charge is 0.318 e. The molecule has 2 atom stereocenters. The molecule has 4 fully saturated rings. The van der Waals surface area contributed by atoms with Gasteiger partial charge in [0.1, 0.15) is 0 Å². The molecule has 5 nitrogen and oxygen atoms in total. The fraction of sp³-hybridized carbons (Fsp3) is 0.900. The third kappa shape index (κ3) is 3.95. The molecule has 4 aliphatic rings. The Morgan fingerprint density at radius 1 is 1.00 bits per heavy atom. The Morgan fingerprint density at radius 2 is 1.72 bits per heavy atom. The van der Waals surface area contributed by atoms with Crippen molar-refractivity contribution in [2.45, 2.75) is 89.3 Å². The third-order valence-electron chi connectivity index (χ3n) is 6.70. The molecular weight excluding hydrogens is 314 g/mol. The molecule has 140 valence electrons. The predicted molar refractivity (Wildman–Crippen MR) is 97.1 cm³/mol. The van der Waals surface area contributed by atoms with Crippen LogP contribution in [0, 0.1) is 11.8 Å². The lowest BCUT2D eigenvalue weighted by Gasteiger charge is -2.31. The maximum Gasteiger partial charge on any atom is 0.318 e. The van der Waals surface area contributed by atoms with Crippen molar-refractivity contribution in [3.05, 3.63) is 0 Å². The van der Waals surface area contributed by atoms with E-state index in [1.165, 1.54) is 32.1 Å². The standard InChI is InChI=1S/C20H33N3O2/c1-14(15-7-8-15)23(18-9-10-18)20(25)21-17-11-12-22(13-17)19(24)16-5-3-2-4-6-16/h14-18H,2-13H2,1H3,(H,21,25)/t14-,17-/m1/s1. The molecule has 25 heavy (non-hydrogen) atoms. The van der Waals surface area contributed by atoms with E-state index in [0.29, 0.717) is 30.5 Å². The van der Waals surface area contributed by atoms with E-state index in [4.69, 9.17) is 0 Å². The molecule has 3 saturated carbocycles. The average Bonchev–Trinajstić information content (AvgIpc) is 3.54. The number of likely N-dealkylation sites (tertiary alicyclic amines) is 1. The van der Waals surface area contributed by atoms with Crippen molar-refractivity contribution >= 4 is 11.9 Å². The van der Waals surface area contributed by atoms with Crippen LogP contribution in [0.4, 0.5) is 4.79 Å². The first-order chi connectivity index (χ1) is 12.1. The predicted octanol–water partition coefficient (Wildman–Crippen LogP) is 3.14. The normalized spacial score (nSPS) is 28.7. The van der Waals surface area contributed by atoms with Crippen molar-refractivity contribution in [3.8, 4) is 0 Å². The largest absolute Gasteiger partial charge is 0.340 e. The number of rotatable bonds is 5. The second-order valence-corrected chi connectivity index (χ2v) is 8.77. The van der Waals surface area contributed by atoms with Gasteiger partial charge < -0.3 is 15.1 Å². The minimum absolute atomic E-state index is 0.110. The lowest BCUT2D eigenvalue weighted by Crippen LogP contribution is -2.51. The molecule has 0 aromatic heterocycles. The molecule has 0 aromatic carbocycles. The molecule has 1 N–H and O–H groups in total. The zero-order valence-corrected chi connectivity index (χ0v) is 15.6. The number of carbonyl (C=O) groups excluding carboxylic acids is 2. The molecule has 0 unspecified atom stereocenters. The highest BCUT2D eigenvalue weighted by molar-refractivity contribution is 5.80. The highest BCUT2D eigenvalue weighted by Crippen LogP contribution is 2.39. The maximum atomic E-state index is 12.8. The Kier molecular flexibility index (Phi) is 4.92. The molecule has 3 aliphatic carbocycles. The Labute approximate surface area is 151 Å². The van der Waals surface area contributed by atoms with Gasteiger partial charge in [0.05, 0.1) is 0 Å². The molecular formula is C20H33N3O2. The van der Waals surface area contributed by atoms with Gasteiger partial charge >= 0.3 is 6.03 Å². The lowest BCUT2D eigenvalue weighted by molar-refractivity contribution is -0.135. The van der Waals surface area contributed by atoms with E-state index in [1.807, 2.05) is 4.90 Å². The number of urea groups is 1. The second-order valence-electron chi connectivity index (χ2n) is 8.77. The van der Waals surface area contributed by atoms with Gasteiger partial charge in [-0.05, 0) is 57.8 Å². The van der Waals surface area contributed by atoms with Gasteiger partial charge in [0.15, 0.2) is 0 Å². The number of carbonyl (C=O) groups is 2. The van der Waals surface area contributed by atoms with Crippen LogP contribution in [-0.2, 0) is 4.79 Å². The zero-order chi connectivity index (χ0) is 17.4. The molecule has 0 bridgehead atoms. The van der Waals surface area contributed by atoms with E-state index in [1.54, 1.807) is 0 Å². The van der Waals surface area contributed by atoms with Crippen molar-refractivity contribution in [2.24, 2.45) is 11.8 Å². The summed E-state index contributed by atoms with van der Waals surface area (Å²) in [5.74, 6) is 1.28. The fourth-order valence-corrected chi connectivity index (χ4v) is 4.78. The lowest BCUT2D eigenvalue weighted by atomic mass is 9.88. The van der Waals surface area contributed by atoms with Crippen molar-refractivity contribution in [1.82, 2.24) is 15.1 Å². The SMILES string of the molecule is C[C@H](C1CC1)N(C(=O)N[C@@H]1CCN(C(=O)C2CCCCC2)C1)C1CC1. The molecule has 4 rings (SSSR count). The van der Waals surface area contributed by atoms with Crippen LogP contribution in [-0.4, -0.2) is 53.0 Å². The summed E-state index contributed by atoms with van der Waals surface area (Å²) in [6, 6.07) is 1.07. The maximum absolute atomic E-state index is 12.8. The summed E-state index contributed by atoms with van der Waals surface area (Å²) < 4.78 is 0. The Balaban J connectivity index is 1.29. The Morgan fingerprint density at radius 3 is 2.36 bits per heavy atom. The molecule has 3 amide bonds. The van der Waals surface area contributed by atoms with Crippen LogP contribution in [0.2, 0.25) is 0 Å². The van der Waals surface area contributed by atoms with Crippen molar-refractivity contribution in [1.29, 1.82) is 0 Å². The second kappa shape index (κ2) is 7.16. The van der Waals surface area contributed by atoms with E-state index >= 15 is 0 Å². The van der Waals surface area contributed by atoms with Gasteiger partial charge in [-0.2, -0.15) is 0 Å². The molecule has 5 heteroatoms. The van der Waals surface area contributed by atoms with Gasteiger partial charge in [-0.1, -0.05) is 19.3 Å². The first-order valence-corrected chi connectivity index (χ1v) is 10.5. The number of amides is 3. The van der Waals surface area contributed by atoms with Gasteiger partial charge in [-0.25, -0.2) is 4.79 Å². The van der Waals surface area contributed by atoms with Gasteiger partial charge in [0.25, 0.3) is 0 Å². The minimum atomic E-state index is 0.110. The minimum Gasteiger partial charge on any atom is -0.340 e. The van der Waals surface area contributed by atoms with Gasteiger partial charge in [0.2, 0.25) is 5.91 Å². The quantitative estimate of drug-likeness (QED) is 0.831. The summed E-state index contributed by atoms with van der Waals surface area (Å²) in [6.07, 6.45) is 11.5. The average molecular weight is 348 g/mol. The van der Waals surface area contributed by atoms with Crippen LogP contribution in [0.1, 0.15) is 71.1 Å². The van der Waals surface area contributed by atoms with Gasteiger partial charge in [-0.3, -0.25) is 4.79 Å². The number of hydrogen-bond donors (Lipinski definition) is 1. The Bertz CT molecular complexity index is 509.